The van der Waals surface area contributed by atoms with Gasteiger partial charge < -0.3 is 15.1 Å². The van der Waals surface area contributed by atoms with E-state index in [2.05, 4.69) is 0 Å². The number of fused-ring (bicyclic) bond motifs is 2. The Balaban J connectivity index is 1.69. The van der Waals surface area contributed by atoms with Gasteiger partial charge in [-0.15, -0.1) is 0 Å². The Morgan fingerprint density at radius 3 is 2.75 bits per heavy atom. The molecule has 2 fully saturated rings. The van der Waals surface area contributed by atoms with Gasteiger partial charge in [0, 0.05) is 13.6 Å². The van der Waals surface area contributed by atoms with Crippen molar-refractivity contribution >= 4 is 5.91 Å². The van der Waals surface area contributed by atoms with Crippen LogP contribution in [0.15, 0.2) is 18.2 Å². The molecule has 1 aromatic rings. The molecule has 2 N–H and O–H groups in total. The van der Waals surface area contributed by atoms with Gasteiger partial charge >= 0.3 is 0 Å². The normalized spacial score (nSPS) is 27.8. The first-order valence-electron chi connectivity index (χ1n) is 7.32. The van der Waals surface area contributed by atoms with Gasteiger partial charge in [0.1, 0.15) is 0 Å². The molecule has 2 aliphatic rings. The molecule has 1 amide bonds. The predicted octanol–water partition coefficient (Wildman–Crippen LogP) is 2.61. The number of rotatable bonds is 3. The van der Waals surface area contributed by atoms with Crippen molar-refractivity contribution in [3.05, 3.63) is 23.8 Å². The minimum atomic E-state index is -0.322. The van der Waals surface area contributed by atoms with Gasteiger partial charge in [0.15, 0.2) is 11.5 Å². The van der Waals surface area contributed by atoms with Crippen molar-refractivity contribution in [1.82, 2.24) is 4.90 Å². The Morgan fingerprint density at radius 2 is 2.10 bits per heavy atom. The molecule has 0 aromatic heterocycles. The second-order valence-corrected chi connectivity index (χ2v) is 6.29. The van der Waals surface area contributed by atoms with E-state index in [9.17, 15) is 15.0 Å². The first-order valence-corrected chi connectivity index (χ1v) is 7.32. The Kier molecular flexibility index (Phi) is 3.32. The second kappa shape index (κ2) is 5.00. The molecular formula is C16H21NO3. The fourth-order valence-electron chi connectivity index (χ4n) is 3.94. The van der Waals surface area contributed by atoms with Crippen LogP contribution in [-0.4, -0.2) is 34.6 Å². The van der Waals surface area contributed by atoms with Crippen LogP contribution in [-0.2, 0) is 0 Å². The molecular weight excluding hydrogens is 254 g/mol. The summed E-state index contributed by atoms with van der Waals surface area (Å²) in [4.78, 5) is 14.0. The summed E-state index contributed by atoms with van der Waals surface area (Å²) in [6.45, 7) is 0.745. The monoisotopic (exact) mass is 275 g/mol. The molecule has 0 aliphatic heterocycles. The predicted molar refractivity (Wildman–Crippen MR) is 75.7 cm³/mol. The zero-order valence-corrected chi connectivity index (χ0v) is 11.7. The molecule has 3 atom stereocenters. The van der Waals surface area contributed by atoms with Gasteiger partial charge in [-0.1, -0.05) is 12.5 Å². The van der Waals surface area contributed by atoms with Crippen LogP contribution in [0.25, 0.3) is 0 Å². The van der Waals surface area contributed by atoms with Crippen molar-refractivity contribution in [2.24, 2.45) is 17.8 Å². The average molecular weight is 275 g/mol. The van der Waals surface area contributed by atoms with Crippen LogP contribution in [0.1, 0.15) is 36.0 Å². The van der Waals surface area contributed by atoms with E-state index in [0.29, 0.717) is 5.92 Å². The van der Waals surface area contributed by atoms with Gasteiger partial charge in [-0.3, -0.25) is 4.79 Å². The lowest BCUT2D eigenvalue weighted by Gasteiger charge is -2.27. The third-order valence-electron chi connectivity index (χ3n) is 4.98. The Labute approximate surface area is 119 Å². The molecule has 2 saturated carbocycles. The maximum atomic E-state index is 12.4. The number of amides is 1. The second-order valence-electron chi connectivity index (χ2n) is 6.29. The lowest BCUT2D eigenvalue weighted by atomic mass is 9.88. The fraction of sp³-hybridized carbons (Fsp3) is 0.562. The number of nitrogens with zero attached hydrogens (tertiary/aromatic N) is 1. The van der Waals surface area contributed by atoms with Crippen molar-refractivity contribution in [2.75, 3.05) is 13.6 Å². The van der Waals surface area contributed by atoms with E-state index in [4.69, 9.17) is 0 Å². The van der Waals surface area contributed by atoms with Gasteiger partial charge in [0.25, 0.3) is 5.91 Å². The number of carbonyl (C=O) groups is 1. The standard InChI is InChI=1S/C16H21NO3/c1-17(9-12-8-10-5-6-11(12)7-10)16(20)13-3-2-4-14(18)15(13)19/h2-4,10-12,18-19H,5-9H2,1H3. The SMILES string of the molecule is CN(CC1CC2CCC1C2)C(=O)c1cccc(O)c1O. The lowest BCUT2D eigenvalue weighted by Crippen LogP contribution is -2.33. The van der Waals surface area contributed by atoms with Crippen molar-refractivity contribution < 1.29 is 15.0 Å². The molecule has 2 bridgehead atoms. The van der Waals surface area contributed by atoms with Crippen molar-refractivity contribution in [2.45, 2.75) is 25.7 Å². The highest BCUT2D eigenvalue weighted by Crippen LogP contribution is 2.48. The molecule has 4 heteroatoms. The topological polar surface area (TPSA) is 60.8 Å². The number of hydrogen-bond acceptors (Lipinski definition) is 3. The van der Waals surface area contributed by atoms with Gasteiger partial charge in [0.2, 0.25) is 0 Å². The fourth-order valence-corrected chi connectivity index (χ4v) is 3.94. The Bertz CT molecular complexity index is 528. The molecule has 20 heavy (non-hydrogen) atoms. The molecule has 0 spiro atoms. The number of carbonyl (C=O) groups excluding carboxylic acids is 1. The minimum absolute atomic E-state index is 0.177. The van der Waals surface area contributed by atoms with E-state index in [1.807, 2.05) is 0 Å². The quantitative estimate of drug-likeness (QED) is 0.834. The minimum Gasteiger partial charge on any atom is -0.504 e. The van der Waals surface area contributed by atoms with E-state index in [1.165, 1.54) is 31.7 Å². The van der Waals surface area contributed by atoms with E-state index >= 15 is 0 Å². The van der Waals surface area contributed by atoms with E-state index < -0.39 is 0 Å². The summed E-state index contributed by atoms with van der Waals surface area (Å²) in [5.74, 6) is 1.44. The van der Waals surface area contributed by atoms with E-state index in [-0.39, 0.29) is 23.0 Å². The molecule has 0 heterocycles. The summed E-state index contributed by atoms with van der Waals surface area (Å²) in [5.41, 5.74) is 0.177. The lowest BCUT2D eigenvalue weighted by molar-refractivity contribution is 0.0750. The molecule has 4 nitrogen and oxygen atoms in total. The molecule has 3 rings (SSSR count). The van der Waals surface area contributed by atoms with Crippen LogP contribution < -0.4 is 0 Å². The molecule has 3 unspecified atom stereocenters. The third-order valence-corrected chi connectivity index (χ3v) is 4.98. The largest absolute Gasteiger partial charge is 0.504 e. The zero-order chi connectivity index (χ0) is 14.3. The number of phenols is 2. The van der Waals surface area contributed by atoms with Crippen molar-refractivity contribution in [1.29, 1.82) is 0 Å². The summed E-state index contributed by atoms with van der Waals surface area (Å²) < 4.78 is 0. The third kappa shape index (κ3) is 2.23. The molecule has 0 saturated heterocycles. The molecule has 1 aromatic carbocycles. The van der Waals surface area contributed by atoms with Crippen molar-refractivity contribution in [3.8, 4) is 11.5 Å². The van der Waals surface area contributed by atoms with Crippen molar-refractivity contribution in [3.63, 3.8) is 0 Å². The number of phenolic OH excluding ortho intramolecular Hbond substituents is 2. The van der Waals surface area contributed by atoms with E-state index in [0.717, 1.165) is 18.4 Å². The number of benzene rings is 1. The number of hydrogen-bond donors (Lipinski definition) is 2. The maximum Gasteiger partial charge on any atom is 0.257 e. The highest BCUT2D eigenvalue weighted by molar-refractivity contribution is 5.97. The first-order chi connectivity index (χ1) is 9.56. The summed E-state index contributed by atoms with van der Waals surface area (Å²) in [6.07, 6.45) is 5.21. The summed E-state index contributed by atoms with van der Waals surface area (Å²) in [6, 6.07) is 4.50. The molecule has 108 valence electrons. The van der Waals surface area contributed by atoms with Crippen LogP contribution >= 0.6 is 0 Å². The maximum absolute atomic E-state index is 12.4. The summed E-state index contributed by atoms with van der Waals surface area (Å²) in [5, 5.41) is 19.3. The summed E-state index contributed by atoms with van der Waals surface area (Å²) in [7, 11) is 1.78. The highest BCUT2D eigenvalue weighted by atomic mass is 16.3. The molecule has 2 aliphatic carbocycles. The zero-order valence-electron chi connectivity index (χ0n) is 11.7. The smallest absolute Gasteiger partial charge is 0.257 e. The molecule has 0 radical (unpaired) electrons. The first kappa shape index (κ1) is 13.3. The van der Waals surface area contributed by atoms with Crippen LogP contribution in [0.5, 0.6) is 11.5 Å². The van der Waals surface area contributed by atoms with Crippen LogP contribution in [0.4, 0.5) is 0 Å². The van der Waals surface area contributed by atoms with Gasteiger partial charge in [-0.05, 0) is 49.1 Å². The average Bonchev–Trinajstić information content (AvgIpc) is 3.03. The Hall–Kier alpha value is -1.71. The van der Waals surface area contributed by atoms with Gasteiger partial charge in [-0.2, -0.15) is 0 Å². The summed E-state index contributed by atoms with van der Waals surface area (Å²) >= 11 is 0. The number of para-hydroxylation sites is 1. The van der Waals surface area contributed by atoms with Crippen LogP contribution in [0.3, 0.4) is 0 Å². The van der Waals surface area contributed by atoms with Crippen LogP contribution in [0, 0.1) is 17.8 Å². The van der Waals surface area contributed by atoms with Gasteiger partial charge in [-0.25, -0.2) is 0 Å². The number of aromatic hydroxyl groups is 2. The highest BCUT2D eigenvalue weighted by Gasteiger charge is 2.40. The van der Waals surface area contributed by atoms with Crippen LogP contribution in [0.2, 0.25) is 0 Å². The Morgan fingerprint density at radius 1 is 1.30 bits per heavy atom. The van der Waals surface area contributed by atoms with E-state index in [1.54, 1.807) is 24.1 Å². The van der Waals surface area contributed by atoms with Gasteiger partial charge in [0.05, 0.1) is 5.56 Å².